The number of carbonyl (C=O) groups excluding carboxylic acids is 1. The van der Waals surface area contributed by atoms with Gasteiger partial charge in [-0.1, -0.05) is 12.1 Å². The number of piperazine rings is 1. The molecule has 0 radical (unpaired) electrons. The molecular formula is C20H24N6O. The molecule has 1 aliphatic heterocycles. The molecule has 4 rings (SSSR count). The molecule has 3 aromatic rings. The number of benzene rings is 1. The summed E-state index contributed by atoms with van der Waals surface area (Å²) in [6, 6.07) is 7.63. The van der Waals surface area contributed by atoms with Crippen LogP contribution in [0.25, 0.3) is 11.0 Å². The Balaban J connectivity index is 1.46. The molecule has 1 amide bonds. The molecule has 0 spiro atoms. The first kappa shape index (κ1) is 17.5. The van der Waals surface area contributed by atoms with Crippen molar-refractivity contribution in [3.05, 3.63) is 48.2 Å². The number of aromatic nitrogens is 4. The summed E-state index contributed by atoms with van der Waals surface area (Å²) >= 11 is 0. The number of imidazole rings is 1. The van der Waals surface area contributed by atoms with Crippen LogP contribution >= 0.6 is 0 Å². The molecule has 140 valence electrons. The third-order valence-corrected chi connectivity index (χ3v) is 5.20. The van der Waals surface area contributed by atoms with Gasteiger partial charge in [-0.05, 0) is 32.9 Å². The molecule has 1 fully saturated rings. The van der Waals surface area contributed by atoms with Crippen LogP contribution in [0.2, 0.25) is 0 Å². The second kappa shape index (κ2) is 6.98. The molecule has 7 heteroatoms. The highest BCUT2D eigenvalue weighted by atomic mass is 16.2. The number of fused-ring (bicyclic) bond motifs is 1. The Morgan fingerprint density at radius 3 is 2.59 bits per heavy atom. The van der Waals surface area contributed by atoms with Crippen LogP contribution in [0.3, 0.4) is 0 Å². The molecule has 0 saturated carbocycles. The van der Waals surface area contributed by atoms with Gasteiger partial charge in [-0.25, -0.2) is 9.97 Å². The summed E-state index contributed by atoms with van der Waals surface area (Å²) in [5.74, 6) is 1.06. The summed E-state index contributed by atoms with van der Waals surface area (Å²) in [6.07, 6.45) is 3.55. The molecule has 1 aromatic carbocycles. The zero-order chi connectivity index (χ0) is 19.0. The maximum atomic E-state index is 13.0. The molecular weight excluding hydrogens is 340 g/mol. The standard InChI is InChI=1S/C20H24N6O/c1-14-12-21-15(2)19(23-14)24-8-10-25(11-9-24)20(27)16(3)26-13-22-17-6-4-5-7-18(17)26/h4-7,12-13,16H,8-11H2,1-3H3/t16-/m1/s1. The van der Waals surface area contributed by atoms with Crippen LogP contribution in [-0.4, -0.2) is 56.5 Å². The minimum absolute atomic E-state index is 0.129. The fraction of sp³-hybridized carbons (Fsp3) is 0.400. The molecule has 0 aliphatic carbocycles. The number of rotatable bonds is 3. The number of amides is 1. The van der Waals surface area contributed by atoms with Gasteiger partial charge in [0.25, 0.3) is 0 Å². The monoisotopic (exact) mass is 364 g/mol. The normalized spacial score (nSPS) is 16.0. The van der Waals surface area contributed by atoms with Crippen molar-refractivity contribution in [3.63, 3.8) is 0 Å². The van der Waals surface area contributed by atoms with Crippen molar-refractivity contribution in [1.29, 1.82) is 0 Å². The summed E-state index contributed by atoms with van der Waals surface area (Å²) in [7, 11) is 0. The van der Waals surface area contributed by atoms with E-state index >= 15 is 0 Å². The van der Waals surface area contributed by atoms with Gasteiger partial charge >= 0.3 is 0 Å². The van der Waals surface area contributed by atoms with Gasteiger partial charge in [-0.2, -0.15) is 0 Å². The van der Waals surface area contributed by atoms with Gasteiger partial charge in [0.05, 0.1) is 28.7 Å². The summed E-state index contributed by atoms with van der Waals surface area (Å²) < 4.78 is 1.96. The van der Waals surface area contributed by atoms with Crippen molar-refractivity contribution in [2.45, 2.75) is 26.8 Å². The van der Waals surface area contributed by atoms with Gasteiger partial charge in [0.1, 0.15) is 11.9 Å². The Bertz CT molecular complexity index is 974. The van der Waals surface area contributed by atoms with Crippen molar-refractivity contribution in [2.24, 2.45) is 0 Å². The molecule has 0 bridgehead atoms. The SMILES string of the molecule is Cc1cnc(C)c(N2CCN(C(=O)[C@@H](C)n3cnc4ccccc43)CC2)n1. The first-order chi connectivity index (χ1) is 13.0. The highest BCUT2D eigenvalue weighted by Crippen LogP contribution is 2.21. The highest BCUT2D eigenvalue weighted by Gasteiger charge is 2.27. The van der Waals surface area contributed by atoms with Crippen molar-refractivity contribution < 1.29 is 4.79 Å². The highest BCUT2D eigenvalue weighted by molar-refractivity contribution is 5.83. The molecule has 3 heterocycles. The summed E-state index contributed by atoms with van der Waals surface area (Å²) in [5, 5.41) is 0. The van der Waals surface area contributed by atoms with E-state index in [9.17, 15) is 4.79 Å². The van der Waals surface area contributed by atoms with E-state index in [1.807, 2.05) is 54.5 Å². The lowest BCUT2D eigenvalue weighted by Gasteiger charge is -2.37. The van der Waals surface area contributed by atoms with E-state index in [-0.39, 0.29) is 11.9 Å². The Labute approximate surface area is 158 Å². The average molecular weight is 364 g/mol. The number of para-hydroxylation sites is 2. The average Bonchev–Trinajstić information content (AvgIpc) is 3.13. The van der Waals surface area contributed by atoms with Crippen molar-refractivity contribution in [3.8, 4) is 0 Å². The molecule has 1 atom stereocenters. The number of hydrogen-bond donors (Lipinski definition) is 0. The summed E-state index contributed by atoms with van der Waals surface area (Å²) in [6.45, 7) is 8.78. The van der Waals surface area contributed by atoms with Gasteiger partial charge in [0.2, 0.25) is 5.91 Å². The van der Waals surface area contributed by atoms with Gasteiger partial charge in [0.15, 0.2) is 0 Å². The Morgan fingerprint density at radius 1 is 1.07 bits per heavy atom. The molecule has 7 nitrogen and oxygen atoms in total. The number of nitrogens with zero attached hydrogens (tertiary/aromatic N) is 6. The fourth-order valence-corrected chi connectivity index (χ4v) is 3.63. The zero-order valence-corrected chi connectivity index (χ0v) is 16.0. The minimum atomic E-state index is -0.274. The number of anilines is 1. The van der Waals surface area contributed by atoms with E-state index in [4.69, 9.17) is 0 Å². The number of hydrogen-bond acceptors (Lipinski definition) is 5. The van der Waals surface area contributed by atoms with Crippen LogP contribution in [0, 0.1) is 13.8 Å². The quantitative estimate of drug-likeness (QED) is 0.714. The molecule has 1 aliphatic rings. The van der Waals surface area contributed by atoms with E-state index in [0.29, 0.717) is 13.1 Å². The van der Waals surface area contributed by atoms with Gasteiger partial charge in [-0.15, -0.1) is 0 Å². The number of aryl methyl sites for hydroxylation is 2. The third-order valence-electron chi connectivity index (χ3n) is 5.20. The second-order valence-electron chi connectivity index (χ2n) is 7.05. The van der Waals surface area contributed by atoms with Crippen LogP contribution < -0.4 is 4.90 Å². The van der Waals surface area contributed by atoms with E-state index in [0.717, 1.165) is 41.3 Å². The van der Waals surface area contributed by atoms with Crippen LogP contribution in [0.5, 0.6) is 0 Å². The minimum Gasteiger partial charge on any atom is -0.352 e. The molecule has 2 aromatic heterocycles. The maximum absolute atomic E-state index is 13.0. The summed E-state index contributed by atoms with van der Waals surface area (Å²) in [4.78, 5) is 30.6. The van der Waals surface area contributed by atoms with E-state index < -0.39 is 0 Å². The van der Waals surface area contributed by atoms with Gasteiger partial charge < -0.3 is 14.4 Å². The predicted molar refractivity (Wildman–Crippen MR) is 105 cm³/mol. The Hall–Kier alpha value is -2.96. The third kappa shape index (κ3) is 3.25. The maximum Gasteiger partial charge on any atom is 0.245 e. The zero-order valence-electron chi connectivity index (χ0n) is 16.0. The lowest BCUT2D eigenvalue weighted by atomic mass is 10.2. The molecule has 0 N–H and O–H groups in total. The smallest absolute Gasteiger partial charge is 0.245 e. The lowest BCUT2D eigenvalue weighted by Crippen LogP contribution is -2.50. The van der Waals surface area contributed by atoms with Crippen LogP contribution in [0.4, 0.5) is 5.82 Å². The van der Waals surface area contributed by atoms with Crippen LogP contribution in [0.1, 0.15) is 24.4 Å². The van der Waals surface area contributed by atoms with Gasteiger partial charge in [0, 0.05) is 32.4 Å². The topological polar surface area (TPSA) is 67.2 Å². The molecule has 0 unspecified atom stereocenters. The van der Waals surface area contributed by atoms with E-state index in [1.54, 1.807) is 12.5 Å². The summed E-state index contributed by atoms with van der Waals surface area (Å²) in [5.41, 5.74) is 3.74. The van der Waals surface area contributed by atoms with Crippen molar-refractivity contribution in [2.75, 3.05) is 31.1 Å². The predicted octanol–water partition coefficient (Wildman–Crippen LogP) is 2.35. The van der Waals surface area contributed by atoms with Gasteiger partial charge in [-0.3, -0.25) is 9.78 Å². The van der Waals surface area contributed by atoms with E-state index in [1.165, 1.54) is 0 Å². The fourth-order valence-electron chi connectivity index (χ4n) is 3.63. The Morgan fingerprint density at radius 2 is 1.81 bits per heavy atom. The van der Waals surface area contributed by atoms with E-state index in [2.05, 4.69) is 19.9 Å². The molecule has 27 heavy (non-hydrogen) atoms. The Kier molecular flexibility index (Phi) is 4.51. The number of carbonyl (C=O) groups is 1. The lowest BCUT2D eigenvalue weighted by molar-refractivity contribution is -0.134. The second-order valence-corrected chi connectivity index (χ2v) is 7.05. The van der Waals surface area contributed by atoms with Crippen LogP contribution in [0.15, 0.2) is 36.8 Å². The van der Waals surface area contributed by atoms with Crippen LogP contribution in [-0.2, 0) is 4.79 Å². The molecule has 1 saturated heterocycles. The van der Waals surface area contributed by atoms with Crippen molar-refractivity contribution in [1.82, 2.24) is 24.4 Å². The first-order valence-corrected chi connectivity index (χ1v) is 9.30. The first-order valence-electron chi connectivity index (χ1n) is 9.30. The van der Waals surface area contributed by atoms with Crippen molar-refractivity contribution >= 4 is 22.8 Å². The largest absolute Gasteiger partial charge is 0.352 e.